The van der Waals surface area contributed by atoms with Crippen molar-refractivity contribution in [1.29, 1.82) is 0 Å². The Morgan fingerprint density at radius 3 is 2.63 bits per heavy atom. The van der Waals surface area contributed by atoms with Crippen molar-refractivity contribution in [3.8, 4) is 11.1 Å². The normalized spacial score (nSPS) is 14.3. The number of aryl methyl sites for hydroxylation is 1. The SMILES string of the molecule is Cn1cc(-c2ccc3cnc(Nc4ccc(N5CCOCC5)nc4)nc3c2Cl)cn1. The topological polar surface area (TPSA) is 81.0 Å². The molecule has 0 amide bonds. The third kappa shape index (κ3) is 3.67. The molecule has 0 radical (unpaired) electrons. The Labute approximate surface area is 178 Å². The van der Waals surface area contributed by atoms with E-state index in [4.69, 9.17) is 16.3 Å². The summed E-state index contributed by atoms with van der Waals surface area (Å²) in [6, 6.07) is 7.89. The highest BCUT2D eigenvalue weighted by Gasteiger charge is 2.14. The highest BCUT2D eigenvalue weighted by molar-refractivity contribution is 6.37. The summed E-state index contributed by atoms with van der Waals surface area (Å²) in [7, 11) is 1.88. The van der Waals surface area contributed by atoms with Gasteiger partial charge in [-0.3, -0.25) is 4.68 Å². The summed E-state index contributed by atoms with van der Waals surface area (Å²) in [6.45, 7) is 3.17. The van der Waals surface area contributed by atoms with E-state index in [0.29, 0.717) is 16.5 Å². The van der Waals surface area contributed by atoms with Crippen LogP contribution in [0.1, 0.15) is 0 Å². The summed E-state index contributed by atoms with van der Waals surface area (Å²) in [4.78, 5) is 15.8. The Bertz CT molecular complexity index is 1190. The molecule has 1 fully saturated rings. The second-order valence-electron chi connectivity index (χ2n) is 7.09. The number of halogens is 1. The molecule has 5 rings (SSSR count). The van der Waals surface area contributed by atoms with Gasteiger partial charge in [0.25, 0.3) is 0 Å². The van der Waals surface area contributed by atoms with Gasteiger partial charge in [-0.15, -0.1) is 0 Å². The van der Waals surface area contributed by atoms with Gasteiger partial charge in [0.1, 0.15) is 5.82 Å². The van der Waals surface area contributed by atoms with E-state index in [0.717, 1.165) is 54.3 Å². The minimum Gasteiger partial charge on any atom is -0.378 e. The number of morpholine rings is 1. The van der Waals surface area contributed by atoms with Gasteiger partial charge in [0.05, 0.1) is 41.8 Å². The van der Waals surface area contributed by atoms with Crippen LogP contribution in [-0.4, -0.2) is 51.0 Å². The first-order valence-corrected chi connectivity index (χ1v) is 10.1. The monoisotopic (exact) mass is 421 g/mol. The zero-order valence-electron chi connectivity index (χ0n) is 16.4. The van der Waals surface area contributed by atoms with Gasteiger partial charge in [0, 0.05) is 49.0 Å². The summed E-state index contributed by atoms with van der Waals surface area (Å²) >= 11 is 6.68. The van der Waals surface area contributed by atoms with Crippen molar-refractivity contribution in [2.45, 2.75) is 0 Å². The van der Waals surface area contributed by atoms with Crippen LogP contribution in [0.3, 0.4) is 0 Å². The number of hydrogen-bond acceptors (Lipinski definition) is 7. The number of benzene rings is 1. The maximum absolute atomic E-state index is 6.68. The summed E-state index contributed by atoms with van der Waals surface area (Å²) < 4.78 is 7.14. The van der Waals surface area contributed by atoms with E-state index in [2.05, 4.69) is 30.3 Å². The maximum Gasteiger partial charge on any atom is 0.227 e. The zero-order valence-corrected chi connectivity index (χ0v) is 17.2. The molecule has 8 nitrogen and oxygen atoms in total. The molecule has 0 saturated carbocycles. The van der Waals surface area contributed by atoms with Crippen molar-refractivity contribution in [3.05, 3.63) is 54.1 Å². The van der Waals surface area contributed by atoms with Crippen molar-refractivity contribution >= 4 is 40.0 Å². The van der Waals surface area contributed by atoms with Gasteiger partial charge < -0.3 is 15.0 Å². The molecule has 30 heavy (non-hydrogen) atoms. The first kappa shape index (κ1) is 18.8. The van der Waals surface area contributed by atoms with E-state index < -0.39 is 0 Å². The Hall–Kier alpha value is -3.23. The van der Waals surface area contributed by atoms with Gasteiger partial charge in [0.15, 0.2) is 0 Å². The highest BCUT2D eigenvalue weighted by atomic mass is 35.5. The largest absolute Gasteiger partial charge is 0.378 e. The summed E-state index contributed by atoms with van der Waals surface area (Å²) in [6.07, 6.45) is 7.26. The van der Waals surface area contributed by atoms with E-state index in [1.165, 1.54) is 0 Å². The molecule has 1 aliphatic heterocycles. The Kier molecular flexibility index (Phi) is 4.94. The fraction of sp³-hybridized carbons (Fsp3) is 0.238. The molecule has 0 bridgehead atoms. The molecule has 9 heteroatoms. The number of hydrogen-bond donors (Lipinski definition) is 1. The van der Waals surface area contributed by atoms with Crippen molar-refractivity contribution in [1.82, 2.24) is 24.7 Å². The molecule has 4 heterocycles. The molecular formula is C21H20ClN7O. The van der Waals surface area contributed by atoms with Crippen molar-refractivity contribution < 1.29 is 4.74 Å². The second kappa shape index (κ2) is 7.89. The summed E-state index contributed by atoms with van der Waals surface area (Å²) in [5.74, 6) is 1.40. The first-order valence-electron chi connectivity index (χ1n) is 9.67. The lowest BCUT2D eigenvalue weighted by molar-refractivity contribution is 0.122. The van der Waals surface area contributed by atoms with Gasteiger partial charge in [-0.2, -0.15) is 5.10 Å². The Morgan fingerprint density at radius 2 is 1.90 bits per heavy atom. The molecule has 152 valence electrons. The predicted octanol–water partition coefficient (Wildman–Crippen LogP) is 3.66. The average Bonchev–Trinajstić information content (AvgIpc) is 3.21. The van der Waals surface area contributed by atoms with Crippen LogP contribution in [0.25, 0.3) is 22.0 Å². The average molecular weight is 422 g/mol. The molecule has 3 aromatic heterocycles. The Balaban J connectivity index is 1.41. The third-order valence-electron chi connectivity index (χ3n) is 5.05. The van der Waals surface area contributed by atoms with E-state index >= 15 is 0 Å². The van der Waals surface area contributed by atoms with Crippen LogP contribution in [0.2, 0.25) is 5.02 Å². The quantitative estimate of drug-likeness (QED) is 0.538. The smallest absolute Gasteiger partial charge is 0.227 e. The lowest BCUT2D eigenvalue weighted by Crippen LogP contribution is -2.36. The van der Waals surface area contributed by atoms with E-state index in [1.807, 2.05) is 37.5 Å². The van der Waals surface area contributed by atoms with Crippen molar-refractivity contribution in [2.24, 2.45) is 7.05 Å². The number of nitrogens with zero attached hydrogens (tertiary/aromatic N) is 6. The van der Waals surface area contributed by atoms with Crippen LogP contribution in [0, 0.1) is 0 Å². The van der Waals surface area contributed by atoms with Crippen LogP contribution in [0.5, 0.6) is 0 Å². The van der Waals surface area contributed by atoms with Gasteiger partial charge in [0.2, 0.25) is 5.95 Å². The van der Waals surface area contributed by atoms with Crippen LogP contribution in [-0.2, 0) is 11.8 Å². The molecule has 0 atom stereocenters. The molecule has 0 aliphatic carbocycles. The molecule has 1 N–H and O–H groups in total. The maximum atomic E-state index is 6.68. The van der Waals surface area contributed by atoms with Crippen molar-refractivity contribution in [3.63, 3.8) is 0 Å². The Morgan fingerprint density at radius 1 is 1.03 bits per heavy atom. The highest BCUT2D eigenvalue weighted by Crippen LogP contribution is 2.33. The standard InChI is InChI=1S/C21H20ClN7O/c1-28-13-15(11-25-28)17-4-2-14-10-24-21(27-20(14)19(17)22)26-16-3-5-18(23-12-16)29-6-8-30-9-7-29/h2-5,10-13H,6-9H2,1H3,(H,24,26,27). The molecular weight excluding hydrogens is 402 g/mol. The molecule has 1 saturated heterocycles. The number of fused-ring (bicyclic) bond motifs is 1. The predicted molar refractivity (Wildman–Crippen MR) is 117 cm³/mol. The molecule has 4 aromatic rings. The molecule has 1 aromatic carbocycles. The van der Waals surface area contributed by atoms with Crippen molar-refractivity contribution in [2.75, 3.05) is 36.5 Å². The van der Waals surface area contributed by atoms with Crippen LogP contribution < -0.4 is 10.2 Å². The fourth-order valence-corrected chi connectivity index (χ4v) is 3.80. The molecule has 1 aliphatic rings. The zero-order chi connectivity index (χ0) is 20.5. The molecule has 0 spiro atoms. The second-order valence-corrected chi connectivity index (χ2v) is 7.47. The van der Waals surface area contributed by atoms with E-state index in [9.17, 15) is 0 Å². The van der Waals surface area contributed by atoms with Gasteiger partial charge >= 0.3 is 0 Å². The number of anilines is 3. The first-order chi connectivity index (χ1) is 14.7. The fourth-order valence-electron chi connectivity index (χ4n) is 3.47. The van der Waals surface area contributed by atoms with Crippen LogP contribution in [0.4, 0.5) is 17.5 Å². The number of aromatic nitrogens is 5. The number of nitrogens with one attached hydrogen (secondary N) is 1. The van der Waals surface area contributed by atoms with E-state index in [1.54, 1.807) is 23.3 Å². The summed E-state index contributed by atoms with van der Waals surface area (Å²) in [5, 5.41) is 8.89. The lowest BCUT2D eigenvalue weighted by atomic mass is 10.1. The van der Waals surface area contributed by atoms with Gasteiger partial charge in [-0.05, 0) is 12.1 Å². The van der Waals surface area contributed by atoms with E-state index in [-0.39, 0.29) is 0 Å². The minimum atomic E-state index is 0.466. The van der Waals surface area contributed by atoms with Crippen LogP contribution in [0.15, 0.2) is 49.1 Å². The number of pyridine rings is 1. The van der Waals surface area contributed by atoms with Crippen LogP contribution >= 0.6 is 11.6 Å². The third-order valence-corrected chi connectivity index (χ3v) is 5.43. The lowest BCUT2D eigenvalue weighted by Gasteiger charge is -2.27. The summed E-state index contributed by atoms with van der Waals surface area (Å²) in [5.41, 5.74) is 3.33. The van der Waals surface area contributed by atoms with Gasteiger partial charge in [-0.25, -0.2) is 15.0 Å². The number of rotatable bonds is 4. The van der Waals surface area contributed by atoms with Gasteiger partial charge in [-0.1, -0.05) is 23.7 Å². The number of ether oxygens (including phenoxy) is 1. The minimum absolute atomic E-state index is 0.466. The molecule has 0 unspecified atom stereocenters.